The second-order valence-electron chi connectivity index (χ2n) is 6.38. The number of aromatic nitrogens is 1. The Morgan fingerprint density at radius 1 is 1.07 bits per heavy atom. The third-order valence-corrected chi connectivity index (χ3v) is 6.17. The van der Waals surface area contributed by atoms with Gasteiger partial charge in [0.2, 0.25) is 0 Å². The van der Waals surface area contributed by atoms with Gasteiger partial charge in [0.25, 0.3) is 5.91 Å². The number of nitrogens with zero attached hydrogens (tertiary/aromatic N) is 3. The van der Waals surface area contributed by atoms with Gasteiger partial charge in [0.05, 0.1) is 5.56 Å². The zero-order chi connectivity index (χ0) is 19.7. The van der Waals surface area contributed by atoms with E-state index in [-0.39, 0.29) is 5.91 Å². The highest BCUT2D eigenvalue weighted by molar-refractivity contribution is 7.14. The standard InChI is InChI=1S/C19H16F3N3OS2/c20-19(21,22)14-2-1-3-15(10-14)24-5-7-25(8-6-24)18(26)16-12-28-17(23-16)13-4-9-27-11-13/h1-4,9-12H,5-8H2. The summed E-state index contributed by atoms with van der Waals surface area (Å²) in [6.45, 7) is 1.85. The SMILES string of the molecule is O=C(c1csc(-c2ccsc2)n1)N1CCN(c2cccc(C(F)(F)F)c2)CC1. The molecule has 4 rings (SSSR count). The molecule has 1 aliphatic rings. The minimum Gasteiger partial charge on any atom is -0.368 e. The fraction of sp³-hybridized carbons (Fsp3) is 0.263. The van der Waals surface area contributed by atoms with E-state index in [9.17, 15) is 18.0 Å². The molecule has 1 amide bonds. The van der Waals surface area contributed by atoms with Crippen LogP contribution in [0.5, 0.6) is 0 Å². The summed E-state index contributed by atoms with van der Waals surface area (Å²) < 4.78 is 38.8. The molecule has 0 saturated carbocycles. The summed E-state index contributed by atoms with van der Waals surface area (Å²) in [4.78, 5) is 20.7. The lowest BCUT2D eigenvalue weighted by molar-refractivity contribution is -0.137. The minimum atomic E-state index is -4.36. The summed E-state index contributed by atoms with van der Waals surface area (Å²) in [5, 5.41) is 6.52. The number of carbonyl (C=O) groups is 1. The molecule has 1 saturated heterocycles. The molecule has 0 unspecified atom stereocenters. The first-order valence-electron chi connectivity index (χ1n) is 8.61. The number of carbonyl (C=O) groups excluding carboxylic acids is 1. The molecule has 3 aromatic rings. The Morgan fingerprint density at radius 3 is 2.54 bits per heavy atom. The van der Waals surface area contributed by atoms with Crippen molar-refractivity contribution in [1.29, 1.82) is 0 Å². The lowest BCUT2D eigenvalue weighted by atomic mass is 10.1. The molecular weight excluding hydrogens is 407 g/mol. The largest absolute Gasteiger partial charge is 0.416 e. The number of thiophene rings is 1. The van der Waals surface area contributed by atoms with Crippen molar-refractivity contribution in [3.8, 4) is 10.6 Å². The monoisotopic (exact) mass is 423 g/mol. The summed E-state index contributed by atoms with van der Waals surface area (Å²) >= 11 is 3.01. The number of alkyl halides is 3. The minimum absolute atomic E-state index is 0.138. The molecule has 0 bridgehead atoms. The molecule has 1 aromatic carbocycles. The van der Waals surface area contributed by atoms with Gasteiger partial charge >= 0.3 is 6.18 Å². The lowest BCUT2D eigenvalue weighted by Gasteiger charge is -2.36. The van der Waals surface area contributed by atoms with Gasteiger partial charge in [-0.3, -0.25) is 4.79 Å². The molecule has 4 nitrogen and oxygen atoms in total. The van der Waals surface area contributed by atoms with Crippen molar-refractivity contribution in [1.82, 2.24) is 9.88 Å². The quantitative estimate of drug-likeness (QED) is 0.604. The van der Waals surface area contributed by atoms with E-state index in [0.29, 0.717) is 37.6 Å². The van der Waals surface area contributed by atoms with Gasteiger partial charge in [0.1, 0.15) is 10.7 Å². The number of amides is 1. The first-order chi connectivity index (χ1) is 13.4. The highest BCUT2D eigenvalue weighted by Gasteiger charge is 2.31. The normalized spacial score (nSPS) is 15.1. The molecule has 0 radical (unpaired) electrons. The average molecular weight is 423 g/mol. The van der Waals surface area contributed by atoms with Crippen molar-refractivity contribution in [3.05, 3.63) is 57.7 Å². The van der Waals surface area contributed by atoms with Crippen LogP contribution in [0.4, 0.5) is 18.9 Å². The van der Waals surface area contributed by atoms with Gasteiger partial charge in [-0.2, -0.15) is 24.5 Å². The predicted octanol–water partition coefficient (Wildman–Crippen LogP) is 4.85. The average Bonchev–Trinajstić information content (AvgIpc) is 3.39. The second-order valence-corrected chi connectivity index (χ2v) is 8.02. The van der Waals surface area contributed by atoms with Crippen LogP contribution in [0.15, 0.2) is 46.5 Å². The van der Waals surface area contributed by atoms with Crippen LogP contribution in [0, 0.1) is 0 Å². The number of thiazole rings is 1. The fourth-order valence-corrected chi connectivity index (χ4v) is 4.61. The highest BCUT2D eigenvalue weighted by atomic mass is 32.1. The van der Waals surface area contributed by atoms with Gasteiger partial charge in [-0.1, -0.05) is 6.07 Å². The lowest BCUT2D eigenvalue weighted by Crippen LogP contribution is -2.48. The molecule has 28 heavy (non-hydrogen) atoms. The van der Waals surface area contributed by atoms with Gasteiger partial charge in [0, 0.05) is 48.2 Å². The Kier molecular flexibility index (Phi) is 5.11. The van der Waals surface area contributed by atoms with E-state index in [0.717, 1.165) is 22.7 Å². The van der Waals surface area contributed by atoms with Crippen LogP contribution in [-0.4, -0.2) is 42.0 Å². The maximum atomic E-state index is 12.9. The fourth-order valence-electron chi connectivity index (χ4n) is 3.10. The van der Waals surface area contributed by atoms with Crippen LogP contribution in [0.2, 0.25) is 0 Å². The molecule has 0 N–H and O–H groups in total. The molecule has 1 fully saturated rings. The summed E-state index contributed by atoms with van der Waals surface area (Å²) in [6.07, 6.45) is -4.36. The number of hydrogen-bond acceptors (Lipinski definition) is 5. The van der Waals surface area contributed by atoms with E-state index < -0.39 is 11.7 Å². The van der Waals surface area contributed by atoms with Crippen LogP contribution in [0.3, 0.4) is 0 Å². The van der Waals surface area contributed by atoms with Crippen LogP contribution in [-0.2, 0) is 6.18 Å². The summed E-state index contributed by atoms with van der Waals surface area (Å²) in [5.74, 6) is -0.138. The Labute approximate surface area is 167 Å². The van der Waals surface area contributed by atoms with Gasteiger partial charge < -0.3 is 9.80 Å². The number of benzene rings is 1. The molecule has 3 heterocycles. The summed E-state index contributed by atoms with van der Waals surface area (Å²) in [6, 6.07) is 7.27. The van der Waals surface area contributed by atoms with E-state index >= 15 is 0 Å². The molecular formula is C19H16F3N3OS2. The van der Waals surface area contributed by atoms with Crippen molar-refractivity contribution >= 4 is 34.3 Å². The zero-order valence-corrected chi connectivity index (χ0v) is 16.3. The van der Waals surface area contributed by atoms with Crippen molar-refractivity contribution < 1.29 is 18.0 Å². The number of halogens is 3. The topological polar surface area (TPSA) is 36.4 Å². The number of rotatable bonds is 3. The van der Waals surface area contributed by atoms with E-state index in [4.69, 9.17) is 0 Å². The van der Waals surface area contributed by atoms with Crippen molar-refractivity contribution in [2.75, 3.05) is 31.1 Å². The Morgan fingerprint density at radius 2 is 1.86 bits per heavy atom. The van der Waals surface area contributed by atoms with E-state index in [1.54, 1.807) is 27.7 Å². The first-order valence-corrected chi connectivity index (χ1v) is 10.4. The van der Waals surface area contributed by atoms with Crippen LogP contribution in [0.1, 0.15) is 16.1 Å². The second kappa shape index (κ2) is 7.56. The van der Waals surface area contributed by atoms with Gasteiger partial charge in [-0.25, -0.2) is 4.98 Å². The first kappa shape index (κ1) is 18.9. The van der Waals surface area contributed by atoms with Gasteiger partial charge in [-0.15, -0.1) is 11.3 Å². The van der Waals surface area contributed by atoms with Gasteiger partial charge in [0.15, 0.2) is 0 Å². The predicted molar refractivity (Wildman–Crippen MR) is 105 cm³/mol. The van der Waals surface area contributed by atoms with E-state index in [1.165, 1.54) is 17.4 Å². The molecule has 9 heteroatoms. The Hall–Kier alpha value is -2.39. The molecule has 0 spiro atoms. The maximum absolute atomic E-state index is 12.9. The van der Waals surface area contributed by atoms with Gasteiger partial charge in [-0.05, 0) is 29.6 Å². The number of anilines is 1. The summed E-state index contributed by atoms with van der Waals surface area (Å²) in [5.41, 5.74) is 1.28. The highest BCUT2D eigenvalue weighted by Crippen LogP contribution is 2.32. The number of hydrogen-bond donors (Lipinski definition) is 0. The van der Waals surface area contributed by atoms with Crippen LogP contribution in [0.25, 0.3) is 10.6 Å². The zero-order valence-electron chi connectivity index (χ0n) is 14.6. The Bertz CT molecular complexity index is 961. The van der Waals surface area contributed by atoms with Crippen molar-refractivity contribution in [2.24, 2.45) is 0 Å². The molecule has 0 aliphatic carbocycles. The molecule has 1 aliphatic heterocycles. The third kappa shape index (κ3) is 3.90. The van der Waals surface area contributed by atoms with Crippen LogP contribution < -0.4 is 4.90 Å². The van der Waals surface area contributed by atoms with Crippen molar-refractivity contribution in [2.45, 2.75) is 6.18 Å². The van der Waals surface area contributed by atoms with Crippen LogP contribution >= 0.6 is 22.7 Å². The van der Waals surface area contributed by atoms with E-state index in [2.05, 4.69) is 4.98 Å². The van der Waals surface area contributed by atoms with E-state index in [1.807, 2.05) is 21.7 Å². The maximum Gasteiger partial charge on any atom is 0.416 e. The molecule has 146 valence electrons. The Balaban J connectivity index is 1.41. The smallest absolute Gasteiger partial charge is 0.368 e. The number of piperazine rings is 1. The third-order valence-electron chi connectivity index (χ3n) is 4.60. The molecule has 0 atom stereocenters. The molecule has 2 aromatic heterocycles. The van der Waals surface area contributed by atoms with Crippen molar-refractivity contribution in [3.63, 3.8) is 0 Å². The summed E-state index contributed by atoms with van der Waals surface area (Å²) in [7, 11) is 0.